The standard InChI is InChI=1S/C15H20N4O2/c1-11-8-17-12(9-16-11)14(21)19-7-3-5-15(10-19)6-4-13(20)18(15)2/h8-9H,3-7,10H2,1-2H3/t15-/m1/s1. The van der Waals surface area contributed by atoms with Gasteiger partial charge in [-0.2, -0.15) is 0 Å². The molecule has 1 atom stereocenters. The molecule has 2 amide bonds. The molecule has 3 rings (SSSR count). The lowest BCUT2D eigenvalue weighted by Crippen LogP contribution is -2.56. The molecule has 0 aromatic carbocycles. The average Bonchev–Trinajstić information content (AvgIpc) is 2.76. The van der Waals surface area contributed by atoms with Crippen molar-refractivity contribution in [3.63, 3.8) is 0 Å². The highest BCUT2D eigenvalue weighted by Crippen LogP contribution is 2.36. The number of amides is 2. The molecule has 0 N–H and O–H groups in total. The first kappa shape index (κ1) is 14.0. The Kier molecular flexibility index (Phi) is 3.39. The van der Waals surface area contributed by atoms with Crippen LogP contribution in [0.5, 0.6) is 0 Å². The molecule has 2 aliphatic heterocycles. The lowest BCUT2D eigenvalue weighted by molar-refractivity contribution is -0.130. The number of rotatable bonds is 1. The van der Waals surface area contributed by atoms with Gasteiger partial charge in [-0.1, -0.05) is 0 Å². The number of aryl methyl sites for hydroxylation is 1. The van der Waals surface area contributed by atoms with Crippen LogP contribution in [0.3, 0.4) is 0 Å². The van der Waals surface area contributed by atoms with E-state index in [9.17, 15) is 9.59 Å². The smallest absolute Gasteiger partial charge is 0.274 e. The minimum atomic E-state index is -0.177. The average molecular weight is 288 g/mol. The zero-order valence-corrected chi connectivity index (χ0v) is 12.5. The molecule has 21 heavy (non-hydrogen) atoms. The normalized spacial score (nSPS) is 25.7. The Balaban J connectivity index is 1.78. The number of nitrogens with zero attached hydrogens (tertiary/aromatic N) is 4. The molecule has 6 nitrogen and oxygen atoms in total. The predicted molar refractivity (Wildman–Crippen MR) is 76.6 cm³/mol. The maximum atomic E-state index is 12.6. The Bertz CT molecular complexity index is 572. The Morgan fingerprint density at radius 2 is 2.10 bits per heavy atom. The van der Waals surface area contributed by atoms with Crippen LogP contribution in [0.25, 0.3) is 0 Å². The first-order valence-electron chi connectivity index (χ1n) is 7.36. The monoisotopic (exact) mass is 288 g/mol. The maximum absolute atomic E-state index is 12.6. The van der Waals surface area contributed by atoms with Gasteiger partial charge in [0, 0.05) is 32.8 Å². The van der Waals surface area contributed by atoms with Gasteiger partial charge in [0.1, 0.15) is 5.69 Å². The first-order chi connectivity index (χ1) is 10.0. The van der Waals surface area contributed by atoms with Crippen LogP contribution < -0.4 is 0 Å². The molecule has 0 bridgehead atoms. The molecule has 2 saturated heterocycles. The van der Waals surface area contributed by atoms with Gasteiger partial charge in [0.15, 0.2) is 0 Å². The molecular weight excluding hydrogens is 268 g/mol. The highest BCUT2D eigenvalue weighted by molar-refractivity contribution is 5.92. The third kappa shape index (κ3) is 2.39. The minimum absolute atomic E-state index is 0.0886. The van der Waals surface area contributed by atoms with E-state index < -0.39 is 0 Å². The Morgan fingerprint density at radius 1 is 1.29 bits per heavy atom. The lowest BCUT2D eigenvalue weighted by atomic mass is 9.86. The lowest BCUT2D eigenvalue weighted by Gasteiger charge is -2.44. The molecule has 2 fully saturated rings. The molecule has 0 unspecified atom stereocenters. The second-order valence-electron chi connectivity index (χ2n) is 6.05. The van der Waals surface area contributed by atoms with Crippen LogP contribution in [0, 0.1) is 6.92 Å². The van der Waals surface area contributed by atoms with Crippen molar-refractivity contribution in [2.45, 2.75) is 38.1 Å². The van der Waals surface area contributed by atoms with Gasteiger partial charge in [-0.3, -0.25) is 14.6 Å². The summed E-state index contributed by atoms with van der Waals surface area (Å²) in [6, 6.07) is 0. The van der Waals surface area contributed by atoms with Crippen LogP contribution in [0.2, 0.25) is 0 Å². The highest BCUT2D eigenvalue weighted by Gasteiger charge is 2.46. The van der Waals surface area contributed by atoms with Crippen LogP contribution >= 0.6 is 0 Å². The second kappa shape index (κ2) is 5.09. The Labute approximate surface area is 124 Å². The molecule has 0 aliphatic carbocycles. The van der Waals surface area contributed by atoms with Crippen molar-refractivity contribution in [3.8, 4) is 0 Å². The zero-order valence-electron chi connectivity index (χ0n) is 12.5. The maximum Gasteiger partial charge on any atom is 0.274 e. The van der Waals surface area contributed by atoms with Crippen molar-refractivity contribution in [3.05, 3.63) is 23.8 Å². The molecule has 2 aliphatic rings. The van der Waals surface area contributed by atoms with Gasteiger partial charge in [-0.05, 0) is 26.2 Å². The molecule has 112 valence electrons. The quantitative estimate of drug-likeness (QED) is 0.773. The van der Waals surface area contributed by atoms with E-state index in [4.69, 9.17) is 0 Å². The van der Waals surface area contributed by atoms with Gasteiger partial charge >= 0.3 is 0 Å². The van der Waals surface area contributed by atoms with E-state index in [2.05, 4.69) is 9.97 Å². The minimum Gasteiger partial charge on any atom is -0.338 e. The van der Waals surface area contributed by atoms with E-state index in [1.54, 1.807) is 6.20 Å². The van der Waals surface area contributed by atoms with Crippen LogP contribution in [-0.2, 0) is 4.79 Å². The molecular formula is C15H20N4O2. The third-order valence-corrected chi connectivity index (χ3v) is 4.73. The van der Waals surface area contributed by atoms with Crippen LogP contribution in [0.1, 0.15) is 41.9 Å². The Morgan fingerprint density at radius 3 is 2.71 bits per heavy atom. The van der Waals surface area contributed by atoms with Crippen LogP contribution in [-0.4, -0.2) is 57.3 Å². The fraction of sp³-hybridized carbons (Fsp3) is 0.600. The van der Waals surface area contributed by atoms with Crippen molar-refractivity contribution >= 4 is 11.8 Å². The van der Waals surface area contributed by atoms with E-state index in [-0.39, 0.29) is 17.4 Å². The molecule has 1 aromatic heterocycles. The van der Waals surface area contributed by atoms with E-state index >= 15 is 0 Å². The van der Waals surface area contributed by atoms with E-state index in [0.717, 1.165) is 31.5 Å². The number of carbonyl (C=O) groups is 2. The molecule has 0 saturated carbocycles. The number of likely N-dealkylation sites (N-methyl/N-ethyl adjacent to an activating group) is 1. The summed E-state index contributed by atoms with van der Waals surface area (Å²) in [4.78, 5) is 36.4. The largest absolute Gasteiger partial charge is 0.338 e. The van der Waals surface area contributed by atoms with Gasteiger partial charge in [-0.15, -0.1) is 0 Å². The molecule has 0 radical (unpaired) electrons. The summed E-state index contributed by atoms with van der Waals surface area (Å²) in [5.74, 6) is 0.0914. The van der Waals surface area contributed by atoms with E-state index in [0.29, 0.717) is 18.7 Å². The summed E-state index contributed by atoms with van der Waals surface area (Å²) in [5.41, 5.74) is 0.996. The molecule has 1 aromatic rings. The zero-order chi connectivity index (χ0) is 15.0. The van der Waals surface area contributed by atoms with Crippen LogP contribution in [0.4, 0.5) is 0 Å². The summed E-state index contributed by atoms with van der Waals surface area (Å²) < 4.78 is 0. The Hall–Kier alpha value is -1.98. The molecule has 6 heteroatoms. The summed E-state index contributed by atoms with van der Waals surface area (Å²) >= 11 is 0. The number of aromatic nitrogens is 2. The summed E-state index contributed by atoms with van der Waals surface area (Å²) in [7, 11) is 1.86. The van der Waals surface area contributed by atoms with Crippen molar-refractivity contribution in [2.75, 3.05) is 20.1 Å². The van der Waals surface area contributed by atoms with E-state index in [1.807, 2.05) is 23.8 Å². The summed E-state index contributed by atoms with van der Waals surface area (Å²) in [6.07, 6.45) is 6.45. The second-order valence-corrected chi connectivity index (χ2v) is 6.05. The SMILES string of the molecule is Cc1cnc(C(=O)N2CCC[C@@]3(CCC(=O)N3C)C2)cn1. The van der Waals surface area contributed by atoms with E-state index in [1.165, 1.54) is 6.20 Å². The first-order valence-corrected chi connectivity index (χ1v) is 7.36. The van der Waals surface area contributed by atoms with Crippen molar-refractivity contribution < 1.29 is 9.59 Å². The van der Waals surface area contributed by atoms with Gasteiger partial charge in [0.05, 0.1) is 17.4 Å². The fourth-order valence-electron chi connectivity index (χ4n) is 3.37. The molecule has 3 heterocycles. The predicted octanol–water partition coefficient (Wildman–Crippen LogP) is 1.01. The van der Waals surface area contributed by atoms with Crippen molar-refractivity contribution in [1.29, 1.82) is 0 Å². The number of piperidine rings is 1. The third-order valence-electron chi connectivity index (χ3n) is 4.73. The van der Waals surface area contributed by atoms with Crippen LogP contribution in [0.15, 0.2) is 12.4 Å². The topological polar surface area (TPSA) is 66.4 Å². The molecule has 1 spiro atoms. The highest BCUT2D eigenvalue weighted by atomic mass is 16.2. The number of carbonyl (C=O) groups excluding carboxylic acids is 2. The fourth-order valence-corrected chi connectivity index (χ4v) is 3.37. The van der Waals surface area contributed by atoms with Crippen molar-refractivity contribution in [1.82, 2.24) is 19.8 Å². The van der Waals surface area contributed by atoms with Crippen molar-refractivity contribution in [2.24, 2.45) is 0 Å². The number of hydrogen-bond acceptors (Lipinski definition) is 4. The number of likely N-dealkylation sites (tertiary alicyclic amines) is 2. The van der Waals surface area contributed by atoms with Gasteiger partial charge < -0.3 is 9.80 Å². The van der Waals surface area contributed by atoms with Gasteiger partial charge in [-0.25, -0.2) is 4.98 Å². The summed E-state index contributed by atoms with van der Waals surface area (Å²) in [5, 5.41) is 0. The number of hydrogen-bond donors (Lipinski definition) is 0. The van der Waals surface area contributed by atoms with Gasteiger partial charge in [0.2, 0.25) is 5.91 Å². The summed E-state index contributed by atoms with van der Waals surface area (Å²) in [6.45, 7) is 3.16. The van der Waals surface area contributed by atoms with Gasteiger partial charge in [0.25, 0.3) is 5.91 Å².